The first-order chi connectivity index (χ1) is 9.97. The second kappa shape index (κ2) is 6.87. The van der Waals surface area contributed by atoms with E-state index in [0.717, 1.165) is 0 Å². The number of aromatic nitrogens is 1. The summed E-state index contributed by atoms with van der Waals surface area (Å²) in [7, 11) is 3.49. The van der Waals surface area contributed by atoms with Crippen LogP contribution in [0.5, 0.6) is 0 Å². The molecule has 2 heterocycles. The van der Waals surface area contributed by atoms with Gasteiger partial charge in [-0.25, -0.2) is 4.98 Å². The standard InChI is InChI=1S/C14H19ClN4O2/c1-17(2)13(20)10-18-6-8-19(9-7-18)14(21)11-4-3-5-12(15)16-11/h3-5H,6-10H2,1-2H3. The van der Waals surface area contributed by atoms with Gasteiger partial charge in [0.2, 0.25) is 5.91 Å². The molecule has 2 rings (SSSR count). The predicted octanol–water partition coefficient (Wildman–Crippen LogP) is 0.581. The zero-order valence-corrected chi connectivity index (χ0v) is 13.0. The van der Waals surface area contributed by atoms with Gasteiger partial charge >= 0.3 is 0 Å². The maximum Gasteiger partial charge on any atom is 0.272 e. The van der Waals surface area contributed by atoms with Crippen molar-refractivity contribution >= 4 is 23.4 Å². The van der Waals surface area contributed by atoms with E-state index in [1.807, 2.05) is 0 Å². The summed E-state index contributed by atoms with van der Waals surface area (Å²) in [6, 6.07) is 5.02. The molecular weight excluding hydrogens is 292 g/mol. The number of hydrogen-bond acceptors (Lipinski definition) is 4. The highest BCUT2D eigenvalue weighted by molar-refractivity contribution is 6.29. The van der Waals surface area contributed by atoms with E-state index >= 15 is 0 Å². The molecule has 1 aliphatic heterocycles. The second-order valence-corrected chi connectivity index (χ2v) is 5.59. The third-order valence-electron chi connectivity index (χ3n) is 3.45. The molecule has 1 aromatic heterocycles. The van der Waals surface area contributed by atoms with Gasteiger partial charge in [-0.15, -0.1) is 0 Å². The highest BCUT2D eigenvalue weighted by Gasteiger charge is 2.24. The molecule has 114 valence electrons. The zero-order valence-electron chi connectivity index (χ0n) is 12.3. The van der Waals surface area contributed by atoms with Crippen LogP contribution in [-0.4, -0.2) is 78.3 Å². The summed E-state index contributed by atoms with van der Waals surface area (Å²) in [6.45, 7) is 2.95. The van der Waals surface area contributed by atoms with Gasteiger partial charge in [-0.1, -0.05) is 17.7 Å². The third-order valence-corrected chi connectivity index (χ3v) is 3.66. The van der Waals surface area contributed by atoms with Crippen molar-refractivity contribution < 1.29 is 9.59 Å². The van der Waals surface area contributed by atoms with Gasteiger partial charge in [-0.05, 0) is 12.1 Å². The number of nitrogens with zero attached hydrogens (tertiary/aromatic N) is 4. The molecule has 0 saturated carbocycles. The van der Waals surface area contributed by atoms with Gasteiger partial charge < -0.3 is 9.80 Å². The van der Waals surface area contributed by atoms with E-state index < -0.39 is 0 Å². The lowest BCUT2D eigenvalue weighted by Crippen LogP contribution is -2.51. The minimum absolute atomic E-state index is 0.0753. The molecule has 0 radical (unpaired) electrons. The number of pyridine rings is 1. The summed E-state index contributed by atoms with van der Waals surface area (Å²) >= 11 is 5.81. The van der Waals surface area contributed by atoms with Gasteiger partial charge in [0, 0.05) is 40.3 Å². The Hall–Kier alpha value is -1.66. The quantitative estimate of drug-likeness (QED) is 0.767. The smallest absolute Gasteiger partial charge is 0.272 e. The third kappa shape index (κ3) is 4.15. The predicted molar refractivity (Wildman–Crippen MR) is 80.3 cm³/mol. The SMILES string of the molecule is CN(C)C(=O)CN1CCN(C(=O)c2cccc(Cl)n2)CC1. The van der Waals surface area contributed by atoms with Crippen molar-refractivity contribution in [3.8, 4) is 0 Å². The summed E-state index contributed by atoms with van der Waals surface area (Å²) in [5, 5.41) is 0.316. The number of halogens is 1. The van der Waals surface area contributed by atoms with Crippen LogP contribution in [-0.2, 0) is 4.79 Å². The number of carbonyl (C=O) groups is 2. The molecule has 6 nitrogen and oxygen atoms in total. The first-order valence-electron chi connectivity index (χ1n) is 6.81. The monoisotopic (exact) mass is 310 g/mol. The first-order valence-corrected chi connectivity index (χ1v) is 7.19. The fourth-order valence-electron chi connectivity index (χ4n) is 2.13. The van der Waals surface area contributed by atoms with Crippen molar-refractivity contribution in [3.05, 3.63) is 29.0 Å². The van der Waals surface area contributed by atoms with Gasteiger partial charge in [0.25, 0.3) is 5.91 Å². The number of rotatable bonds is 3. The van der Waals surface area contributed by atoms with Crippen LogP contribution in [0.25, 0.3) is 0 Å². The van der Waals surface area contributed by atoms with Crippen LogP contribution in [0.1, 0.15) is 10.5 Å². The molecule has 0 N–H and O–H groups in total. The molecule has 0 aromatic carbocycles. The summed E-state index contributed by atoms with van der Waals surface area (Å²) in [5.41, 5.74) is 0.361. The highest BCUT2D eigenvalue weighted by atomic mass is 35.5. The topological polar surface area (TPSA) is 56.8 Å². The van der Waals surface area contributed by atoms with Gasteiger partial charge in [0.05, 0.1) is 6.54 Å². The normalized spacial score (nSPS) is 15.9. The Labute approximate surface area is 129 Å². The Balaban J connectivity index is 1.89. The Morgan fingerprint density at radius 2 is 1.90 bits per heavy atom. The van der Waals surface area contributed by atoms with Crippen molar-refractivity contribution in [1.82, 2.24) is 19.7 Å². The molecule has 0 bridgehead atoms. The molecule has 2 amide bonds. The van der Waals surface area contributed by atoms with E-state index in [9.17, 15) is 9.59 Å². The molecular formula is C14H19ClN4O2. The molecule has 0 unspecified atom stereocenters. The summed E-state index contributed by atoms with van der Waals surface area (Å²) in [5.74, 6) is -0.0395. The first kappa shape index (κ1) is 15.7. The maximum atomic E-state index is 12.3. The molecule has 7 heteroatoms. The van der Waals surface area contributed by atoms with Gasteiger partial charge in [0.15, 0.2) is 0 Å². The number of piperazine rings is 1. The van der Waals surface area contributed by atoms with Crippen LogP contribution < -0.4 is 0 Å². The van der Waals surface area contributed by atoms with E-state index in [2.05, 4.69) is 9.88 Å². The Morgan fingerprint density at radius 1 is 1.24 bits per heavy atom. The van der Waals surface area contributed by atoms with Crippen LogP contribution >= 0.6 is 11.6 Å². The zero-order chi connectivity index (χ0) is 15.4. The summed E-state index contributed by atoms with van der Waals surface area (Å²) in [4.78, 5) is 33.4. The summed E-state index contributed by atoms with van der Waals surface area (Å²) < 4.78 is 0. The molecule has 0 spiro atoms. The van der Waals surface area contributed by atoms with E-state index in [0.29, 0.717) is 43.6 Å². The molecule has 1 aliphatic rings. The van der Waals surface area contributed by atoms with Crippen LogP contribution in [0.15, 0.2) is 18.2 Å². The highest BCUT2D eigenvalue weighted by Crippen LogP contribution is 2.10. The van der Waals surface area contributed by atoms with Crippen molar-refractivity contribution in [2.24, 2.45) is 0 Å². The fourth-order valence-corrected chi connectivity index (χ4v) is 2.29. The van der Waals surface area contributed by atoms with E-state index in [-0.39, 0.29) is 11.8 Å². The Kier molecular flexibility index (Phi) is 5.14. The molecule has 1 fully saturated rings. The lowest BCUT2D eigenvalue weighted by Gasteiger charge is -2.34. The molecule has 0 aliphatic carbocycles. The van der Waals surface area contributed by atoms with Crippen molar-refractivity contribution in [3.63, 3.8) is 0 Å². The van der Waals surface area contributed by atoms with Crippen LogP contribution in [0, 0.1) is 0 Å². The number of likely N-dealkylation sites (N-methyl/N-ethyl adjacent to an activating group) is 1. The number of carbonyl (C=O) groups excluding carboxylic acids is 2. The maximum absolute atomic E-state index is 12.3. The van der Waals surface area contributed by atoms with Gasteiger partial charge in [-0.2, -0.15) is 0 Å². The van der Waals surface area contributed by atoms with Crippen molar-refractivity contribution in [2.75, 3.05) is 46.8 Å². The van der Waals surface area contributed by atoms with Crippen molar-refractivity contribution in [1.29, 1.82) is 0 Å². The van der Waals surface area contributed by atoms with E-state index in [1.165, 1.54) is 0 Å². The summed E-state index contributed by atoms with van der Waals surface area (Å²) in [6.07, 6.45) is 0. The van der Waals surface area contributed by atoms with Crippen LogP contribution in [0.3, 0.4) is 0 Å². The average Bonchev–Trinajstić information content (AvgIpc) is 2.47. The number of hydrogen-bond donors (Lipinski definition) is 0. The van der Waals surface area contributed by atoms with E-state index in [4.69, 9.17) is 11.6 Å². The minimum atomic E-state index is -0.115. The number of amides is 2. The van der Waals surface area contributed by atoms with Crippen LogP contribution in [0.4, 0.5) is 0 Å². The minimum Gasteiger partial charge on any atom is -0.348 e. The van der Waals surface area contributed by atoms with Crippen molar-refractivity contribution in [2.45, 2.75) is 0 Å². The lowest BCUT2D eigenvalue weighted by atomic mass is 10.2. The van der Waals surface area contributed by atoms with Crippen LogP contribution in [0.2, 0.25) is 5.15 Å². The average molecular weight is 311 g/mol. The molecule has 1 aromatic rings. The van der Waals surface area contributed by atoms with Gasteiger partial charge in [0.1, 0.15) is 10.8 Å². The van der Waals surface area contributed by atoms with E-state index in [1.54, 1.807) is 42.1 Å². The Bertz CT molecular complexity index is 527. The molecule has 21 heavy (non-hydrogen) atoms. The fraction of sp³-hybridized carbons (Fsp3) is 0.500. The molecule has 0 atom stereocenters. The second-order valence-electron chi connectivity index (χ2n) is 5.20. The lowest BCUT2D eigenvalue weighted by molar-refractivity contribution is -0.130. The Morgan fingerprint density at radius 3 is 2.48 bits per heavy atom. The largest absolute Gasteiger partial charge is 0.348 e. The van der Waals surface area contributed by atoms with Gasteiger partial charge in [-0.3, -0.25) is 14.5 Å². The molecule has 1 saturated heterocycles.